The maximum Gasteiger partial charge on any atom is 0.410 e. The molecule has 51 heavy (non-hydrogen) atoms. The topological polar surface area (TPSA) is 158 Å². The van der Waals surface area contributed by atoms with Gasteiger partial charge < -0.3 is 15.0 Å². The van der Waals surface area contributed by atoms with Crippen LogP contribution in [0.25, 0.3) is 10.4 Å². The molecule has 2 heterocycles. The van der Waals surface area contributed by atoms with Gasteiger partial charge in [0.2, 0.25) is 15.9 Å². The number of hydrogen-bond acceptors (Lipinski definition) is 7. The van der Waals surface area contributed by atoms with E-state index < -0.39 is 68.6 Å². The smallest absolute Gasteiger partial charge is 0.410 e. The highest BCUT2D eigenvalue weighted by Crippen LogP contribution is 2.37. The van der Waals surface area contributed by atoms with E-state index in [0.29, 0.717) is 29.0 Å². The van der Waals surface area contributed by atoms with Gasteiger partial charge in [-0.15, -0.1) is 0 Å². The minimum Gasteiger partial charge on any atom is -0.444 e. The molecular formula is C35H40ClF2N7O5S. The lowest BCUT2D eigenvalue weighted by atomic mass is 9.84. The summed E-state index contributed by atoms with van der Waals surface area (Å²) in [4.78, 5) is 35.3. The number of nitrogens with zero attached hydrogens (tertiary/aromatic N) is 6. The number of anilines is 1. The van der Waals surface area contributed by atoms with Crippen molar-refractivity contribution in [1.82, 2.24) is 14.2 Å². The summed E-state index contributed by atoms with van der Waals surface area (Å²) in [6.45, 7) is 7.10. The number of ether oxygens (including phenoxy) is 1. The lowest BCUT2D eigenvalue weighted by molar-refractivity contribution is -0.117. The lowest BCUT2D eigenvalue weighted by Gasteiger charge is -2.45. The number of hydrogen-bond donors (Lipinski definition) is 1. The molecule has 0 spiro atoms. The van der Waals surface area contributed by atoms with E-state index in [1.807, 2.05) is 0 Å². The molecule has 16 heteroatoms. The summed E-state index contributed by atoms with van der Waals surface area (Å²) in [5, 5.41) is 6.36. The summed E-state index contributed by atoms with van der Waals surface area (Å²) in [6, 6.07) is 9.23. The Morgan fingerprint density at radius 2 is 1.82 bits per heavy atom. The van der Waals surface area contributed by atoms with Crippen LogP contribution >= 0.6 is 11.6 Å². The summed E-state index contributed by atoms with van der Waals surface area (Å²) in [7, 11) is -3.70. The van der Waals surface area contributed by atoms with E-state index >= 15 is 4.39 Å². The Morgan fingerprint density at radius 1 is 1.12 bits per heavy atom. The second-order valence-electron chi connectivity index (χ2n) is 13.9. The van der Waals surface area contributed by atoms with Gasteiger partial charge >= 0.3 is 6.09 Å². The van der Waals surface area contributed by atoms with Crippen LogP contribution in [0.3, 0.4) is 0 Å². The van der Waals surface area contributed by atoms with Crippen LogP contribution in [0.2, 0.25) is 5.02 Å². The summed E-state index contributed by atoms with van der Waals surface area (Å²) in [5.41, 5.74) is 9.63. The van der Waals surface area contributed by atoms with E-state index in [4.69, 9.17) is 16.3 Å². The quantitative estimate of drug-likeness (QED) is 0.124. The van der Waals surface area contributed by atoms with Crippen LogP contribution in [0.15, 0.2) is 66.0 Å². The Kier molecular flexibility index (Phi) is 11.5. The van der Waals surface area contributed by atoms with Crippen molar-refractivity contribution in [2.45, 2.75) is 88.3 Å². The van der Waals surface area contributed by atoms with Crippen molar-refractivity contribution < 1.29 is 31.5 Å². The van der Waals surface area contributed by atoms with Crippen molar-refractivity contribution in [3.63, 3.8) is 0 Å². The van der Waals surface area contributed by atoms with Gasteiger partial charge in [0.1, 0.15) is 23.3 Å². The number of carbonyl (C=O) groups excluding carboxylic acids is 2. The highest BCUT2D eigenvalue weighted by molar-refractivity contribution is 7.90. The van der Waals surface area contributed by atoms with E-state index in [-0.39, 0.29) is 37.2 Å². The first-order valence-corrected chi connectivity index (χ1v) is 18.5. The van der Waals surface area contributed by atoms with Crippen molar-refractivity contribution in [2.75, 3.05) is 18.4 Å². The molecule has 2 aromatic carbocycles. The van der Waals surface area contributed by atoms with Crippen LogP contribution in [-0.4, -0.2) is 76.7 Å². The van der Waals surface area contributed by atoms with Crippen molar-refractivity contribution in [1.29, 1.82) is 0 Å². The SMILES string of the molecule is C[C@H]1CN(C(=O)OC(C)(C)C)C[C@H](CCc2c(F)cncc2NC(=O)[C@@H](N=[N+]=[N-])[C@@H](c2ccc(Cl)cc2)c2cccc(F)c2)N1S(=O)(=O)C1CC1. The number of amides is 2. The summed E-state index contributed by atoms with van der Waals surface area (Å²) >= 11 is 6.10. The fourth-order valence-electron chi connectivity index (χ4n) is 6.45. The van der Waals surface area contributed by atoms with Gasteiger partial charge in [0, 0.05) is 46.6 Å². The number of halogens is 3. The van der Waals surface area contributed by atoms with E-state index in [1.54, 1.807) is 58.0 Å². The molecule has 2 aliphatic rings. The van der Waals surface area contributed by atoms with E-state index in [2.05, 4.69) is 20.3 Å². The van der Waals surface area contributed by atoms with E-state index in [0.717, 1.165) is 6.20 Å². The largest absolute Gasteiger partial charge is 0.444 e. The number of piperazine rings is 1. The summed E-state index contributed by atoms with van der Waals surface area (Å²) in [6.07, 6.45) is 2.78. The molecule has 1 saturated carbocycles. The van der Waals surface area contributed by atoms with Crippen LogP contribution in [0.5, 0.6) is 0 Å². The molecule has 1 aliphatic heterocycles. The normalized spacial score (nSPS) is 19.5. The molecule has 272 valence electrons. The Hall–Kier alpha value is -4.30. The third-order valence-corrected chi connectivity index (χ3v) is 11.6. The Labute approximate surface area is 300 Å². The first-order valence-electron chi connectivity index (χ1n) is 16.6. The van der Waals surface area contributed by atoms with Crippen molar-refractivity contribution in [3.8, 4) is 0 Å². The van der Waals surface area contributed by atoms with Crippen molar-refractivity contribution >= 4 is 39.3 Å². The molecule has 12 nitrogen and oxygen atoms in total. The molecule has 0 unspecified atom stereocenters. The molecule has 1 saturated heterocycles. The number of pyridine rings is 1. The van der Waals surface area contributed by atoms with E-state index in [1.165, 1.54) is 33.6 Å². The molecule has 3 aromatic rings. The zero-order chi connectivity index (χ0) is 37.1. The van der Waals surface area contributed by atoms with Gasteiger partial charge in [-0.2, -0.15) is 4.31 Å². The van der Waals surface area contributed by atoms with Gasteiger partial charge in [-0.05, 0) is 94.3 Å². The standard InChI is InChI=1S/C35H40ClF2N7O5S/c1-21-19-44(34(47)50-35(2,3)4)20-26(45(21)51(48,49)27-13-14-27)12-15-28-29(38)17-40-18-30(28)41-33(46)32(42-43-39)31(22-8-10-24(36)11-9-22)23-6-5-7-25(37)16-23/h5-11,16-18,21,26-27,31-32H,12-15,19-20H2,1-4H3,(H,41,46)/t21-,26-,31-,32-/m0/s1. The van der Waals surface area contributed by atoms with Gasteiger partial charge in [-0.1, -0.05) is 41.0 Å². The molecule has 4 atom stereocenters. The summed E-state index contributed by atoms with van der Waals surface area (Å²) < 4.78 is 64.2. The fraction of sp³-hybridized carbons (Fsp3) is 0.457. The van der Waals surface area contributed by atoms with Crippen molar-refractivity contribution in [2.24, 2.45) is 5.11 Å². The molecular weight excluding hydrogens is 704 g/mol. The number of rotatable bonds is 11. The van der Waals surface area contributed by atoms with Crippen LogP contribution < -0.4 is 5.32 Å². The summed E-state index contributed by atoms with van der Waals surface area (Å²) in [5.74, 6) is -3.09. The highest BCUT2D eigenvalue weighted by atomic mass is 35.5. The maximum absolute atomic E-state index is 15.5. The van der Waals surface area contributed by atoms with Gasteiger partial charge in [0.05, 0.1) is 23.3 Å². The number of sulfonamides is 1. The number of azide groups is 1. The number of aromatic nitrogens is 1. The number of benzene rings is 2. The first-order chi connectivity index (χ1) is 24.1. The van der Waals surface area contributed by atoms with Gasteiger partial charge in [-0.25, -0.2) is 22.0 Å². The molecule has 0 bridgehead atoms. The second-order valence-corrected chi connectivity index (χ2v) is 16.4. The molecule has 5 rings (SSSR count). The van der Waals surface area contributed by atoms with Crippen LogP contribution in [-0.2, 0) is 26.0 Å². The molecule has 1 N–H and O–H groups in total. The Bertz CT molecular complexity index is 1920. The average Bonchev–Trinajstić information content (AvgIpc) is 3.91. The monoisotopic (exact) mass is 743 g/mol. The maximum atomic E-state index is 15.5. The molecule has 1 aromatic heterocycles. The van der Waals surface area contributed by atoms with Crippen molar-refractivity contribution in [3.05, 3.63) is 105 Å². The number of nitrogens with one attached hydrogen (secondary N) is 1. The second kappa shape index (κ2) is 15.5. The van der Waals surface area contributed by atoms with Gasteiger partial charge in [-0.3, -0.25) is 9.78 Å². The van der Waals surface area contributed by atoms with Gasteiger partial charge in [0.25, 0.3) is 0 Å². The zero-order valence-electron chi connectivity index (χ0n) is 28.7. The minimum absolute atomic E-state index is 0.0169. The predicted octanol–water partition coefficient (Wildman–Crippen LogP) is 7.20. The Morgan fingerprint density at radius 3 is 2.45 bits per heavy atom. The lowest BCUT2D eigenvalue weighted by Crippen LogP contribution is -2.61. The minimum atomic E-state index is -3.70. The third kappa shape index (κ3) is 9.14. The van der Waals surface area contributed by atoms with Crippen LogP contribution in [0.4, 0.5) is 19.3 Å². The first kappa shape index (κ1) is 37.9. The number of carbonyl (C=O) groups is 2. The van der Waals surface area contributed by atoms with E-state index in [9.17, 15) is 27.9 Å². The predicted molar refractivity (Wildman–Crippen MR) is 189 cm³/mol. The average molecular weight is 744 g/mol. The molecule has 0 radical (unpaired) electrons. The fourth-order valence-corrected chi connectivity index (χ4v) is 8.81. The molecule has 2 amide bonds. The Balaban J connectivity index is 1.44. The molecule has 1 aliphatic carbocycles. The third-order valence-electron chi connectivity index (χ3n) is 8.79. The van der Waals surface area contributed by atoms with Gasteiger partial charge in [0.15, 0.2) is 0 Å². The van der Waals surface area contributed by atoms with Crippen LogP contribution in [0, 0.1) is 11.6 Å². The molecule has 2 fully saturated rings. The van der Waals surface area contributed by atoms with Crippen LogP contribution in [0.1, 0.15) is 69.6 Å². The highest BCUT2D eigenvalue weighted by Gasteiger charge is 2.48. The zero-order valence-corrected chi connectivity index (χ0v) is 30.2.